The van der Waals surface area contributed by atoms with E-state index in [2.05, 4.69) is 0 Å². The molecule has 0 spiro atoms. The maximum absolute atomic E-state index is 8.59. The molecule has 2 aromatic carbocycles. The van der Waals surface area contributed by atoms with Gasteiger partial charge in [0.05, 0.1) is 22.5 Å². The second-order valence-corrected chi connectivity index (χ2v) is 4.34. The van der Waals surface area contributed by atoms with Gasteiger partial charge in [-0.15, -0.1) is 0 Å². The van der Waals surface area contributed by atoms with Crippen molar-refractivity contribution in [1.29, 1.82) is 5.26 Å². The predicted octanol–water partition coefficient (Wildman–Crippen LogP) is 4.86. The standard InChI is InChI=1S/C14H8Cl2NO/c15-13-5-4-12(9-14(13)16)18-11-3-1-2-10(8-11)6-7-17/h1-6,8-9H. The van der Waals surface area contributed by atoms with Crippen LogP contribution in [0.1, 0.15) is 5.56 Å². The number of hydrogen-bond acceptors (Lipinski definition) is 2. The zero-order valence-electron chi connectivity index (χ0n) is 9.23. The Bertz CT molecular complexity index is 605. The minimum absolute atomic E-state index is 0.439. The SMILES string of the molecule is N#C[CH]c1cccc(Oc2ccc(Cl)c(Cl)c2)c1. The van der Waals surface area contributed by atoms with Crippen molar-refractivity contribution >= 4 is 23.2 Å². The molecule has 0 aliphatic heterocycles. The van der Waals surface area contributed by atoms with Crippen LogP contribution in [0.2, 0.25) is 10.0 Å². The van der Waals surface area contributed by atoms with Gasteiger partial charge in [0.2, 0.25) is 0 Å². The third-order valence-corrected chi connectivity index (χ3v) is 2.96. The van der Waals surface area contributed by atoms with Gasteiger partial charge in [0.15, 0.2) is 0 Å². The van der Waals surface area contributed by atoms with Crippen LogP contribution >= 0.6 is 23.2 Å². The third kappa shape index (κ3) is 3.16. The van der Waals surface area contributed by atoms with Crippen molar-refractivity contribution in [3.05, 3.63) is 64.5 Å². The first kappa shape index (κ1) is 12.8. The Morgan fingerprint density at radius 2 is 1.78 bits per heavy atom. The first-order valence-corrected chi connectivity index (χ1v) is 5.90. The van der Waals surface area contributed by atoms with Gasteiger partial charge < -0.3 is 4.74 Å². The lowest BCUT2D eigenvalue weighted by Crippen LogP contribution is -1.86. The van der Waals surface area contributed by atoms with Crippen LogP contribution in [0, 0.1) is 17.8 Å². The van der Waals surface area contributed by atoms with E-state index in [1.165, 1.54) is 6.42 Å². The molecule has 0 N–H and O–H groups in total. The summed E-state index contributed by atoms with van der Waals surface area (Å²) >= 11 is 11.7. The van der Waals surface area contributed by atoms with E-state index >= 15 is 0 Å². The lowest BCUT2D eigenvalue weighted by atomic mass is 10.1. The molecule has 89 valence electrons. The van der Waals surface area contributed by atoms with Crippen LogP contribution in [0.25, 0.3) is 0 Å². The Kier molecular flexibility index (Phi) is 4.09. The van der Waals surface area contributed by atoms with Crippen LogP contribution in [0.5, 0.6) is 11.5 Å². The van der Waals surface area contributed by atoms with Crippen molar-refractivity contribution in [3.8, 4) is 17.6 Å². The maximum atomic E-state index is 8.59. The molecule has 2 aromatic rings. The van der Waals surface area contributed by atoms with Crippen LogP contribution in [-0.2, 0) is 0 Å². The summed E-state index contributed by atoms with van der Waals surface area (Å²) in [6, 6.07) is 14.2. The van der Waals surface area contributed by atoms with Crippen molar-refractivity contribution in [3.63, 3.8) is 0 Å². The van der Waals surface area contributed by atoms with Crippen molar-refractivity contribution in [1.82, 2.24) is 0 Å². The fourth-order valence-corrected chi connectivity index (χ4v) is 1.71. The van der Waals surface area contributed by atoms with Crippen LogP contribution in [0.15, 0.2) is 42.5 Å². The Morgan fingerprint density at radius 1 is 1.00 bits per heavy atom. The van der Waals surface area contributed by atoms with Crippen molar-refractivity contribution < 1.29 is 4.74 Å². The van der Waals surface area contributed by atoms with Gasteiger partial charge in [-0.25, -0.2) is 0 Å². The minimum atomic E-state index is 0.439. The third-order valence-electron chi connectivity index (χ3n) is 2.22. The van der Waals surface area contributed by atoms with Crippen molar-refractivity contribution in [2.24, 2.45) is 0 Å². The largest absolute Gasteiger partial charge is 0.457 e. The zero-order valence-corrected chi connectivity index (χ0v) is 10.7. The van der Waals surface area contributed by atoms with Crippen LogP contribution < -0.4 is 4.74 Å². The summed E-state index contributed by atoms with van der Waals surface area (Å²) in [7, 11) is 0. The highest BCUT2D eigenvalue weighted by Gasteiger charge is 2.02. The first-order chi connectivity index (χ1) is 8.69. The quantitative estimate of drug-likeness (QED) is 0.802. The van der Waals surface area contributed by atoms with E-state index < -0.39 is 0 Å². The summed E-state index contributed by atoms with van der Waals surface area (Å²) in [5, 5.41) is 9.51. The fraction of sp³-hybridized carbons (Fsp3) is 0. The van der Waals surface area contributed by atoms with Crippen molar-refractivity contribution in [2.75, 3.05) is 0 Å². The average Bonchev–Trinajstić information content (AvgIpc) is 2.35. The van der Waals surface area contributed by atoms with Gasteiger partial charge >= 0.3 is 0 Å². The number of benzene rings is 2. The summed E-state index contributed by atoms with van der Waals surface area (Å²) < 4.78 is 5.63. The smallest absolute Gasteiger partial charge is 0.129 e. The molecule has 0 heterocycles. The molecule has 0 aliphatic carbocycles. The summed E-state index contributed by atoms with van der Waals surface area (Å²) in [5.41, 5.74) is 0.787. The molecule has 0 fully saturated rings. The number of halogens is 2. The second-order valence-electron chi connectivity index (χ2n) is 3.52. The van der Waals surface area contributed by atoms with Gasteiger partial charge in [0.1, 0.15) is 11.5 Å². The highest BCUT2D eigenvalue weighted by Crippen LogP contribution is 2.29. The molecule has 1 radical (unpaired) electrons. The average molecular weight is 277 g/mol. The number of ether oxygens (including phenoxy) is 1. The maximum Gasteiger partial charge on any atom is 0.129 e. The summed E-state index contributed by atoms with van der Waals surface area (Å²) in [5.74, 6) is 1.23. The molecule has 0 bridgehead atoms. The molecule has 0 atom stereocenters. The highest BCUT2D eigenvalue weighted by molar-refractivity contribution is 6.42. The minimum Gasteiger partial charge on any atom is -0.457 e. The number of nitriles is 1. The molecule has 0 aliphatic rings. The molecule has 2 nitrogen and oxygen atoms in total. The molecular weight excluding hydrogens is 269 g/mol. The molecule has 2 rings (SSSR count). The van der Waals surface area contributed by atoms with Gasteiger partial charge in [-0.05, 0) is 29.8 Å². The van der Waals surface area contributed by atoms with Crippen LogP contribution in [-0.4, -0.2) is 0 Å². The van der Waals surface area contributed by atoms with Crippen molar-refractivity contribution in [2.45, 2.75) is 0 Å². The van der Waals surface area contributed by atoms with E-state index in [0.29, 0.717) is 21.5 Å². The highest BCUT2D eigenvalue weighted by atomic mass is 35.5. The predicted molar refractivity (Wildman–Crippen MR) is 72.0 cm³/mol. The Balaban J connectivity index is 2.20. The van der Waals surface area contributed by atoms with Crippen LogP contribution in [0.3, 0.4) is 0 Å². The molecule has 18 heavy (non-hydrogen) atoms. The first-order valence-electron chi connectivity index (χ1n) is 5.15. The van der Waals surface area contributed by atoms with E-state index in [4.69, 9.17) is 33.2 Å². The molecule has 0 aromatic heterocycles. The number of rotatable bonds is 3. The zero-order chi connectivity index (χ0) is 13.0. The molecule has 4 heteroatoms. The van der Waals surface area contributed by atoms with Gasteiger partial charge in [-0.1, -0.05) is 35.3 Å². The summed E-state index contributed by atoms with van der Waals surface area (Å²) in [6.07, 6.45) is 1.45. The van der Waals surface area contributed by atoms with E-state index in [0.717, 1.165) is 5.56 Å². The van der Waals surface area contributed by atoms with Crippen LogP contribution in [0.4, 0.5) is 0 Å². The fourth-order valence-electron chi connectivity index (χ4n) is 1.42. The van der Waals surface area contributed by atoms with Gasteiger partial charge in [0, 0.05) is 6.07 Å². The lowest BCUT2D eigenvalue weighted by molar-refractivity contribution is 0.482. The molecule has 0 unspecified atom stereocenters. The van der Waals surface area contributed by atoms with E-state index in [-0.39, 0.29) is 0 Å². The molecular formula is C14H8Cl2NO. The monoisotopic (exact) mass is 276 g/mol. The Hall–Kier alpha value is -1.69. The number of nitrogens with zero attached hydrogens (tertiary/aromatic N) is 1. The Morgan fingerprint density at radius 3 is 2.50 bits per heavy atom. The molecule has 0 saturated carbocycles. The summed E-state index contributed by atoms with van der Waals surface area (Å²) in [6.45, 7) is 0. The molecule has 0 amide bonds. The van der Waals surface area contributed by atoms with Gasteiger partial charge in [-0.2, -0.15) is 5.26 Å². The van der Waals surface area contributed by atoms with E-state index in [1.54, 1.807) is 30.3 Å². The normalized spacial score (nSPS) is 9.83. The van der Waals surface area contributed by atoms with Gasteiger partial charge in [-0.3, -0.25) is 0 Å². The number of hydrogen-bond donors (Lipinski definition) is 0. The summed E-state index contributed by atoms with van der Waals surface area (Å²) in [4.78, 5) is 0. The Labute approximate surface area is 115 Å². The molecule has 0 saturated heterocycles. The van der Waals surface area contributed by atoms with E-state index in [1.807, 2.05) is 18.2 Å². The van der Waals surface area contributed by atoms with Gasteiger partial charge in [0.25, 0.3) is 0 Å². The second kappa shape index (κ2) is 5.77. The topological polar surface area (TPSA) is 33.0 Å². The lowest BCUT2D eigenvalue weighted by Gasteiger charge is -2.07. The van der Waals surface area contributed by atoms with E-state index in [9.17, 15) is 0 Å².